The van der Waals surface area contributed by atoms with Gasteiger partial charge in [0.25, 0.3) is 0 Å². The molecule has 2 aromatic carbocycles. The Morgan fingerprint density at radius 2 is 1.46 bits per heavy atom. The summed E-state index contributed by atoms with van der Waals surface area (Å²) < 4.78 is 5.95. The van der Waals surface area contributed by atoms with Crippen molar-refractivity contribution >= 4 is 8.41 Å². The fraction of sp³-hybridized carbons (Fsp3) is 0.455. The van der Waals surface area contributed by atoms with Gasteiger partial charge in [0.2, 0.25) is 0 Å². The number of hydrogen-bond donors (Lipinski definition) is 0. The van der Waals surface area contributed by atoms with Gasteiger partial charge >= 0.3 is 0 Å². The molecule has 0 aliphatic heterocycles. The minimum Gasteiger partial charge on any atom is -0.493 e. The second-order valence-electron chi connectivity index (χ2n) is 5.12. The van der Waals surface area contributed by atoms with Crippen molar-refractivity contribution in [3.05, 3.63) is 54.1 Å². The second-order valence-corrected chi connectivity index (χ2v) is 5.12. The largest absolute Gasteiger partial charge is 0.493 e. The van der Waals surface area contributed by atoms with Gasteiger partial charge in [0.05, 0.1) is 6.61 Å². The fourth-order valence-corrected chi connectivity index (χ4v) is 2.05. The van der Waals surface area contributed by atoms with E-state index < -0.39 is 0 Å². The number of ether oxygens (including phenoxy) is 1. The van der Waals surface area contributed by atoms with Crippen LogP contribution in [0.1, 0.15) is 53.5 Å². The van der Waals surface area contributed by atoms with Crippen LogP contribution >= 0.6 is 0 Å². The van der Waals surface area contributed by atoms with Gasteiger partial charge < -0.3 is 4.74 Å². The molecule has 0 aliphatic rings. The lowest BCUT2D eigenvalue weighted by atomic mass is 10.00. The molecule has 2 heteroatoms. The van der Waals surface area contributed by atoms with E-state index in [1.165, 1.54) is 16.7 Å². The van der Waals surface area contributed by atoms with E-state index in [0.29, 0.717) is 5.92 Å². The van der Waals surface area contributed by atoms with Crippen molar-refractivity contribution < 1.29 is 4.74 Å². The standard InChI is InChI=1S/C18H22O.2C2H6.B/c1-4-14(2)13-19-18-12-8-11-17(15(18)3)16-9-6-5-7-10-16;2*1-2;/h5-12,14H,4,13H2,1-3H3;2*1-2H3;/t14-;;;/m1.../s1. The van der Waals surface area contributed by atoms with Crippen molar-refractivity contribution in [3.8, 4) is 16.9 Å². The van der Waals surface area contributed by atoms with Gasteiger partial charge in [-0.3, -0.25) is 0 Å². The van der Waals surface area contributed by atoms with Gasteiger partial charge in [0.15, 0.2) is 0 Å². The topological polar surface area (TPSA) is 9.23 Å². The van der Waals surface area contributed by atoms with Crippen molar-refractivity contribution in [2.24, 2.45) is 5.92 Å². The van der Waals surface area contributed by atoms with E-state index in [1.807, 2.05) is 33.8 Å². The molecule has 3 radical (unpaired) electrons. The molecular weight excluding hydrogens is 291 g/mol. The van der Waals surface area contributed by atoms with Crippen LogP contribution < -0.4 is 4.74 Å². The SMILES string of the molecule is CC.CC.CC[C@@H](C)COc1cccc(-c2ccccc2)c1C.[B]. The lowest BCUT2D eigenvalue weighted by Crippen LogP contribution is -2.08. The molecule has 0 amide bonds. The van der Waals surface area contributed by atoms with Crippen molar-refractivity contribution in [1.82, 2.24) is 0 Å². The summed E-state index contributed by atoms with van der Waals surface area (Å²) in [7, 11) is 0. The van der Waals surface area contributed by atoms with Crippen molar-refractivity contribution in [2.45, 2.75) is 54.9 Å². The summed E-state index contributed by atoms with van der Waals surface area (Å²) >= 11 is 0. The van der Waals surface area contributed by atoms with Crippen molar-refractivity contribution in [2.75, 3.05) is 6.61 Å². The van der Waals surface area contributed by atoms with E-state index in [-0.39, 0.29) is 8.41 Å². The van der Waals surface area contributed by atoms with Crippen LogP contribution in [0.5, 0.6) is 5.75 Å². The van der Waals surface area contributed by atoms with Gasteiger partial charge in [0.1, 0.15) is 5.75 Å². The maximum Gasteiger partial charge on any atom is 0.122 e. The van der Waals surface area contributed by atoms with Crippen LogP contribution in [0.2, 0.25) is 0 Å². The van der Waals surface area contributed by atoms with E-state index in [4.69, 9.17) is 4.74 Å². The lowest BCUT2D eigenvalue weighted by Gasteiger charge is -2.15. The predicted octanol–water partition coefficient (Wildman–Crippen LogP) is 6.76. The molecule has 0 fully saturated rings. The van der Waals surface area contributed by atoms with Crippen molar-refractivity contribution in [3.63, 3.8) is 0 Å². The Balaban J connectivity index is 0. The number of hydrogen-bond acceptors (Lipinski definition) is 1. The van der Waals surface area contributed by atoms with E-state index >= 15 is 0 Å². The van der Waals surface area contributed by atoms with Gasteiger partial charge in [-0.15, -0.1) is 0 Å². The quantitative estimate of drug-likeness (QED) is 0.552. The molecule has 0 bridgehead atoms. The molecule has 0 aliphatic carbocycles. The summed E-state index contributed by atoms with van der Waals surface area (Å²) in [6.07, 6.45) is 1.15. The summed E-state index contributed by atoms with van der Waals surface area (Å²) in [5.41, 5.74) is 3.72. The van der Waals surface area contributed by atoms with Gasteiger partial charge in [-0.05, 0) is 35.6 Å². The third-order valence-electron chi connectivity index (χ3n) is 3.59. The van der Waals surface area contributed by atoms with E-state index in [2.05, 4.69) is 63.2 Å². The Labute approximate surface area is 152 Å². The predicted molar refractivity (Wildman–Crippen MR) is 110 cm³/mol. The molecule has 0 saturated heterocycles. The molecule has 0 N–H and O–H groups in total. The minimum atomic E-state index is 0. The highest BCUT2D eigenvalue weighted by molar-refractivity contribution is 5.75. The highest BCUT2D eigenvalue weighted by Gasteiger charge is 2.08. The zero-order valence-corrected chi connectivity index (χ0v) is 16.6. The van der Waals surface area contributed by atoms with Crippen LogP contribution in [0.4, 0.5) is 0 Å². The Morgan fingerprint density at radius 1 is 0.875 bits per heavy atom. The summed E-state index contributed by atoms with van der Waals surface area (Å²) in [4.78, 5) is 0. The molecule has 0 unspecified atom stereocenters. The molecule has 2 rings (SSSR count). The van der Waals surface area contributed by atoms with E-state index in [1.54, 1.807) is 0 Å². The molecule has 1 atom stereocenters. The third-order valence-corrected chi connectivity index (χ3v) is 3.59. The van der Waals surface area contributed by atoms with E-state index in [9.17, 15) is 0 Å². The van der Waals surface area contributed by atoms with Crippen LogP contribution in [0, 0.1) is 12.8 Å². The number of benzene rings is 2. The van der Waals surface area contributed by atoms with Crippen LogP contribution in [0.15, 0.2) is 48.5 Å². The molecule has 0 aromatic heterocycles. The normalized spacial score (nSPS) is 10.1. The number of rotatable bonds is 5. The van der Waals surface area contributed by atoms with Crippen LogP contribution in [-0.4, -0.2) is 15.0 Å². The Bertz CT molecular complexity index is 523. The fourth-order valence-electron chi connectivity index (χ4n) is 2.05. The van der Waals surface area contributed by atoms with Crippen LogP contribution in [0.3, 0.4) is 0 Å². The second kappa shape index (κ2) is 14.9. The Hall–Kier alpha value is -1.70. The van der Waals surface area contributed by atoms with Gasteiger partial charge in [-0.2, -0.15) is 0 Å². The third kappa shape index (κ3) is 7.72. The monoisotopic (exact) mass is 325 g/mol. The maximum atomic E-state index is 5.95. The van der Waals surface area contributed by atoms with E-state index in [0.717, 1.165) is 18.8 Å². The first-order chi connectivity index (χ1) is 11.2. The van der Waals surface area contributed by atoms with Gasteiger partial charge in [-0.1, -0.05) is 90.4 Å². The first-order valence-corrected chi connectivity index (χ1v) is 9.00. The highest BCUT2D eigenvalue weighted by Crippen LogP contribution is 2.30. The zero-order valence-electron chi connectivity index (χ0n) is 16.6. The molecule has 24 heavy (non-hydrogen) atoms. The van der Waals surface area contributed by atoms with Gasteiger partial charge in [0, 0.05) is 8.41 Å². The van der Waals surface area contributed by atoms with Crippen molar-refractivity contribution in [1.29, 1.82) is 0 Å². The van der Waals surface area contributed by atoms with Crippen LogP contribution in [0.25, 0.3) is 11.1 Å². The Kier molecular flexibility index (Phi) is 15.2. The van der Waals surface area contributed by atoms with Crippen LogP contribution in [-0.2, 0) is 0 Å². The molecule has 1 nitrogen and oxygen atoms in total. The summed E-state index contributed by atoms with van der Waals surface area (Å²) in [5, 5.41) is 0. The molecule has 0 saturated carbocycles. The Morgan fingerprint density at radius 3 is 2.00 bits per heavy atom. The molecule has 131 valence electrons. The molecular formula is C22H34BO. The lowest BCUT2D eigenvalue weighted by molar-refractivity contribution is 0.255. The highest BCUT2D eigenvalue weighted by atomic mass is 16.5. The summed E-state index contributed by atoms with van der Waals surface area (Å²) in [6.45, 7) is 15.3. The maximum absolute atomic E-state index is 5.95. The summed E-state index contributed by atoms with van der Waals surface area (Å²) in [5.74, 6) is 1.60. The first kappa shape index (κ1) is 24.6. The van der Waals surface area contributed by atoms with Gasteiger partial charge in [-0.25, -0.2) is 0 Å². The molecule has 0 spiro atoms. The first-order valence-electron chi connectivity index (χ1n) is 9.00. The smallest absolute Gasteiger partial charge is 0.122 e. The average molecular weight is 325 g/mol. The average Bonchev–Trinajstić information content (AvgIpc) is 2.64. The molecule has 0 heterocycles. The molecule has 2 aromatic rings. The zero-order chi connectivity index (χ0) is 17.7. The minimum absolute atomic E-state index is 0. The summed E-state index contributed by atoms with van der Waals surface area (Å²) in [6, 6.07) is 16.7.